The SMILES string of the molecule is COCCN(C)C(=O)Nc1c(-c2ccc(F)cc2)nc2sccn12. The molecule has 0 aliphatic heterocycles. The van der Waals surface area contributed by atoms with Gasteiger partial charge < -0.3 is 9.64 Å². The standard InChI is InChI=1S/C16H17FN4O2S/c1-20(7-9-23-2)15(22)19-14-13(11-3-5-12(17)6-4-11)18-16-21(14)8-10-24-16/h3-6,8,10H,7,9H2,1-2H3,(H,19,22). The third-order valence-corrected chi connectivity index (χ3v) is 4.34. The first kappa shape index (κ1) is 16.4. The van der Waals surface area contributed by atoms with Crippen LogP contribution in [-0.2, 0) is 4.74 Å². The van der Waals surface area contributed by atoms with E-state index in [2.05, 4.69) is 10.3 Å². The van der Waals surface area contributed by atoms with Gasteiger partial charge in [-0.25, -0.2) is 14.2 Å². The van der Waals surface area contributed by atoms with Crippen LogP contribution in [0.25, 0.3) is 16.2 Å². The number of halogens is 1. The van der Waals surface area contributed by atoms with Crippen molar-refractivity contribution in [2.45, 2.75) is 0 Å². The van der Waals surface area contributed by atoms with Crippen LogP contribution in [0, 0.1) is 5.82 Å². The largest absolute Gasteiger partial charge is 0.383 e. The maximum absolute atomic E-state index is 13.2. The van der Waals surface area contributed by atoms with Gasteiger partial charge in [0, 0.05) is 37.8 Å². The number of carbonyl (C=O) groups is 1. The van der Waals surface area contributed by atoms with E-state index in [0.717, 1.165) is 10.5 Å². The lowest BCUT2D eigenvalue weighted by atomic mass is 10.1. The quantitative estimate of drug-likeness (QED) is 0.769. The van der Waals surface area contributed by atoms with Crippen LogP contribution in [0.1, 0.15) is 0 Å². The number of benzene rings is 1. The molecule has 0 aliphatic rings. The fourth-order valence-corrected chi connectivity index (χ4v) is 2.95. The number of nitrogens with zero attached hydrogens (tertiary/aromatic N) is 3. The Balaban J connectivity index is 1.93. The van der Waals surface area contributed by atoms with Crippen LogP contribution in [0.4, 0.5) is 15.0 Å². The molecule has 0 bridgehead atoms. The van der Waals surface area contributed by atoms with Crippen LogP contribution in [0.15, 0.2) is 35.8 Å². The Morgan fingerprint density at radius 2 is 2.17 bits per heavy atom. The zero-order valence-electron chi connectivity index (χ0n) is 13.3. The molecule has 0 aliphatic carbocycles. The predicted molar refractivity (Wildman–Crippen MR) is 92.0 cm³/mol. The minimum Gasteiger partial charge on any atom is -0.383 e. The number of anilines is 1. The monoisotopic (exact) mass is 348 g/mol. The number of amides is 2. The molecule has 8 heteroatoms. The third kappa shape index (κ3) is 3.24. The highest BCUT2D eigenvalue weighted by Gasteiger charge is 2.19. The predicted octanol–water partition coefficient (Wildman–Crippen LogP) is 3.31. The van der Waals surface area contributed by atoms with Crippen molar-refractivity contribution in [3.05, 3.63) is 41.7 Å². The van der Waals surface area contributed by atoms with Gasteiger partial charge in [-0.1, -0.05) is 0 Å². The molecule has 0 spiro atoms. The number of carbonyl (C=O) groups excluding carboxylic acids is 1. The van der Waals surface area contributed by atoms with Gasteiger partial charge >= 0.3 is 6.03 Å². The summed E-state index contributed by atoms with van der Waals surface area (Å²) in [6.07, 6.45) is 1.84. The number of ether oxygens (including phenoxy) is 1. The number of rotatable bonds is 5. The Bertz CT molecular complexity index is 844. The fraction of sp³-hybridized carbons (Fsp3) is 0.250. The van der Waals surface area contributed by atoms with Gasteiger partial charge in [0.05, 0.1) is 6.61 Å². The van der Waals surface area contributed by atoms with E-state index in [0.29, 0.717) is 24.7 Å². The van der Waals surface area contributed by atoms with Crippen molar-refractivity contribution in [1.82, 2.24) is 14.3 Å². The van der Waals surface area contributed by atoms with E-state index in [-0.39, 0.29) is 11.8 Å². The van der Waals surface area contributed by atoms with Crippen LogP contribution < -0.4 is 5.32 Å². The number of fused-ring (bicyclic) bond motifs is 1. The van der Waals surface area contributed by atoms with E-state index in [4.69, 9.17) is 4.74 Å². The summed E-state index contributed by atoms with van der Waals surface area (Å²) < 4.78 is 20.0. The number of methoxy groups -OCH3 is 1. The van der Waals surface area contributed by atoms with Gasteiger partial charge in [0.15, 0.2) is 4.96 Å². The van der Waals surface area contributed by atoms with E-state index >= 15 is 0 Å². The van der Waals surface area contributed by atoms with Crippen molar-refractivity contribution in [3.8, 4) is 11.3 Å². The zero-order chi connectivity index (χ0) is 17.1. The van der Waals surface area contributed by atoms with Gasteiger partial charge in [-0.3, -0.25) is 9.72 Å². The first-order valence-electron chi connectivity index (χ1n) is 7.32. The normalized spacial score (nSPS) is 11.0. The van der Waals surface area contributed by atoms with E-state index in [1.54, 1.807) is 26.3 Å². The molecule has 1 N–H and O–H groups in total. The minimum atomic E-state index is -0.315. The Hall–Kier alpha value is -2.45. The highest BCUT2D eigenvalue weighted by Crippen LogP contribution is 2.30. The Labute approximate surface area is 142 Å². The fourth-order valence-electron chi connectivity index (χ4n) is 2.24. The smallest absolute Gasteiger partial charge is 0.322 e. The molecule has 24 heavy (non-hydrogen) atoms. The Morgan fingerprint density at radius 3 is 2.88 bits per heavy atom. The molecule has 2 amide bonds. The number of hydrogen-bond donors (Lipinski definition) is 1. The molecule has 1 aromatic carbocycles. The van der Waals surface area contributed by atoms with Gasteiger partial charge in [0.1, 0.15) is 17.3 Å². The molecule has 0 saturated carbocycles. The second-order valence-electron chi connectivity index (χ2n) is 5.22. The summed E-state index contributed by atoms with van der Waals surface area (Å²) in [6.45, 7) is 0.925. The molecule has 3 rings (SSSR count). The lowest BCUT2D eigenvalue weighted by molar-refractivity contribution is 0.165. The molecule has 6 nitrogen and oxygen atoms in total. The molecule has 2 heterocycles. The molecule has 0 atom stereocenters. The summed E-state index contributed by atoms with van der Waals surface area (Å²) in [5.41, 5.74) is 1.34. The third-order valence-electron chi connectivity index (χ3n) is 3.58. The van der Waals surface area contributed by atoms with Crippen molar-refractivity contribution in [2.24, 2.45) is 0 Å². The number of hydrogen-bond acceptors (Lipinski definition) is 4. The van der Waals surface area contributed by atoms with Gasteiger partial charge in [-0.2, -0.15) is 0 Å². The van der Waals surface area contributed by atoms with Crippen LogP contribution in [0.3, 0.4) is 0 Å². The lowest BCUT2D eigenvalue weighted by Crippen LogP contribution is -2.34. The molecular formula is C16H17FN4O2S. The average molecular weight is 348 g/mol. The summed E-state index contributed by atoms with van der Waals surface area (Å²) in [7, 11) is 3.28. The van der Waals surface area contributed by atoms with Crippen molar-refractivity contribution in [2.75, 3.05) is 32.6 Å². The molecule has 0 unspecified atom stereocenters. The van der Waals surface area contributed by atoms with E-state index in [1.807, 2.05) is 16.0 Å². The van der Waals surface area contributed by atoms with Crippen molar-refractivity contribution < 1.29 is 13.9 Å². The highest BCUT2D eigenvalue weighted by molar-refractivity contribution is 7.15. The maximum atomic E-state index is 13.2. The lowest BCUT2D eigenvalue weighted by Gasteiger charge is -2.17. The second kappa shape index (κ2) is 6.98. The highest BCUT2D eigenvalue weighted by atomic mass is 32.1. The van der Waals surface area contributed by atoms with Gasteiger partial charge in [-0.05, 0) is 24.3 Å². The summed E-state index contributed by atoms with van der Waals surface area (Å²) in [4.78, 5) is 19.2. The van der Waals surface area contributed by atoms with Crippen LogP contribution in [0.5, 0.6) is 0 Å². The van der Waals surface area contributed by atoms with Crippen LogP contribution in [-0.4, -0.2) is 47.6 Å². The molecule has 0 radical (unpaired) electrons. The number of nitrogens with one attached hydrogen (secondary N) is 1. The number of thiazole rings is 1. The molecule has 2 aromatic heterocycles. The van der Waals surface area contributed by atoms with Crippen LogP contribution in [0.2, 0.25) is 0 Å². The van der Waals surface area contributed by atoms with Gasteiger partial charge in [0.2, 0.25) is 0 Å². The molecule has 0 saturated heterocycles. The van der Waals surface area contributed by atoms with Gasteiger partial charge in [0.25, 0.3) is 0 Å². The summed E-state index contributed by atoms with van der Waals surface area (Å²) in [6, 6.07) is 5.78. The molecular weight excluding hydrogens is 331 g/mol. The number of imidazole rings is 1. The average Bonchev–Trinajstić information content (AvgIpc) is 3.16. The van der Waals surface area contributed by atoms with Crippen LogP contribution >= 0.6 is 11.3 Å². The zero-order valence-corrected chi connectivity index (χ0v) is 14.1. The van der Waals surface area contributed by atoms with E-state index < -0.39 is 0 Å². The summed E-state index contributed by atoms with van der Waals surface area (Å²) >= 11 is 1.46. The van der Waals surface area contributed by atoms with E-state index in [9.17, 15) is 9.18 Å². The topological polar surface area (TPSA) is 58.9 Å². The summed E-state index contributed by atoms with van der Waals surface area (Å²) in [5, 5.41) is 4.78. The Morgan fingerprint density at radius 1 is 1.42 bits per heavy atom. The van der Waals surface area contributed by atoms with Crippen molar-refractivity contribution in [3.63, 3.8) is 0 Å². The summed E-state index contributed by atoms with van der Waals surface area (Å²) in [5.74, 6) is 0.247. The van der Waals surface area contributed by atoms with E-state index in [1.165, 1.54) is 28.4 Å². The first-order chi connectivity index (χ1) is 11.6. The molecule has 3 aromatic rings. The maximum Gasteiger partial charge on any atom is 0.322 e. The number of urea groups is 1. The minimum absolute atomic E-state index is 0.261. The molecule has 126 valence electrons. The second-order valence-corrected chi connectivity index (χ2v) is 6.09. The van der Waals surface area contributed by atoms with Crippen molar-refractivity contribution >= 4 is 28.1 Å². The van der Waals surface area contributed by atoms with Crippen molar-refractivity contribution in [1.29, 1.82) is 0 Å². The first-order valence-corrected chi connectivity index (χ1v) is 8.20. The number of aromatic nitrogens is 2. The Kier molecular flexibility index (Phi) is 4.77. The molecule has 0 fully saturated rings. The number of likely N-dealkylation sites (N-methyl/N-ethyl adjacent to an activating group) is 1. The van der Waals surface area contributed by atoms with Gasteiger partial charge in [-0.15, -0.1) is 11.3 Å².